The van der Waals surface area contributed by atoms with Gasteiger partial charge in [0, 0.05) is 23.8 Å². The molecule has 2 rings (SSSR count). The van der Waals surface area contributed by atoms with Crippen LogP contribution in [0.3, 0.4) is 0 Å². The fourth-order valence-corrected chi connectivity index (χ4v) is 2.63. The van der Waals surface area contributed by atoms with Crippen LogP contribution in [-0.2, 0) is 11.2 Å². The third-order valence-corrected chi connectivity index (χ3v) is 3.77. The molecular formula is C15H17NOS. The Morgan fingerprint density at radius 2 is 2.06 bits per heavy atom. The number of ketones is 1. The summed E-state index contributed by atoms with van der Waals surface area (Å²) in [7, 11) is 0. The number of rotatable bonds is 6. The van der Waals surface area contributed by atoms with Crippen molar-refractivity contribution in [1.29, 1.82) is 0 Å². The van der Waals surface area contributed by atoms with E-state index in [4.69, 9.17) is 0 Å². The molecule has 0 spiro atoms. The fraction of sp³-hybridized carbons (Fsp3) is 0.333. The van der Waals surface area contributed by atoms with Crippen LogP contribution < -0.4 is 0 Å². The molecule has 0 aliphatic heterocycles. The highest BCUT2D eigenvalue weighted by Gasteiger charge is 2.05. The van der Waals surface area contributed by atoms with Crippen molar-refractivity contribution in [2.24, 2.45) is 0 Å². The van der Waals surface area contributed by atoms with E-state index in [9.17, 15) is 4.79 Å². The minimum absolute atomic E-state index is 0.342. The lowest BCUT2D eigenvalue weighted by atomic mass is 10.1. The molecule has 2 aromatic rings. The molecule has 1 aromatic heterocycles. The monoisotopic (exact) mass is 259 g/mol. The molecule has 0 atom stereocenters. The number of Topliss-reactive ketones (excluding diaryl/α,β-unsaturated/α-hetero) is 1. The van der Waals surface area contributed by atoms with Gasteiger partial charge in [0.1, 0.15) is 5.78 Å². The van der Waals surface area contributed by atoms with Gasteiger partial charge in [0.15, 0.2) is 0 Å². The maximum Gasteiger partial charge on any atom is 0.132 e. The minimum Gasteiger partial charge on any atom is -0.300 e. The van der Waals surface area contributed by atoms with Crippen molar-refractivity contribution in [2.45, 2.75) is 32.6 Å². The van der Waals surface area contributed by atoms with Crippen molar-refractivity contribution >= 4 is 17.1 Å². The average Bonchev–Trinajstić information content (AvgIpc) is 2.88. The van der Waals surface area contributed by atoms with Crippen molar-refractivity contribution in [3.63, 3.8) is 0 Å². The van der Waals surface area contributed by atoms with E-state index in [1.165, 1.54) is 0 Å². The number of carbonyl (C=O) groups is 1. The highest BCUT2D eigenvalue weighted by atomic mass is 32.1. The van der Waals surface area contributed by atoms with E-state index in [1.807, 2.05) is 25.1 Å². The molecule has 0 saturated heterocycles. The Hall–Kier alpha value is -1.48. The van der Waals surface area contributed by atoms with Crippen LogP contribution in [0.25, 0.3) is 11.3 Å². The summed E-state index contributed by atoms with van der Waals surface area (Å²) in [4.78, 5) is 15.8. The van der Waals surface area contributed by atoms with Crippen LogP contribution in [0.4, 0.5) is 0 Å². The molecule has 0 aliphatic carbocycles. The summed E-state index contributed by atoms with van der Waals surface area (Å²) in [5.74, 6) is 0.342. The van der Waals surface area contributed by atoms with Crippen LogP contribution in [-0.4, -0.2) is 10.8 Å². The van der Waals surface area contributed by atoms with Gasteiger partial charge in [0.25, 0.3) is 0 Å². The molecule has 0 radical (unpaired) electrons. The third kappa shape index (κ3) is 3.50. The van der Waals surface area contributed by atoms with Crippen molar-refractivity contribution in [1.82, 2.24) is 4.98 Å². The number of benzene rings is 1. The van der Waals surface area contributed by atoms with Gasteiger partial charge in [-0.05, 0) is 12.8 Å². The molecule has 3 heteroatoms. The number of aryl methyl sites for hydroxylation is 1. The lowest BCUT2D eigenvalue weighted by Crippen LogP contribution is -1.96. The molecule has 0 aliphatic rings. The summed E-state index contributed by atoms with van der Waals surface area (Å²) in [5, 5.41) is 3.21. The van der Waals surface area contributed by atoms with Crippen LogP contribution in [0.5, 0.6) is 0 Å². The first-order chi connectivity index (χ1) is 8.79. The van der Waals surface area contributed by atoms with Crippen molar-refractivity contribution in [3.05, 3.63) is 40.7 Å². The van der Waals surface area contributed by atoms with Gasteiger partial charge < -0.3 is 0 Å². The smallest absolute Gasteiger partial charge is 0.132 e. The summed E-state index contributed by atoms with van der Waals surface area (Å²) in [6, 6.07) is 10.2. The van der Waals surface area contributed by atoms with Gasteiger partial charge in [-0.15, -0.1) is 11.3 Å². The highest BCUT2D eigenvalue weighted by molar-refractivity contribution is 7.09. The van der Waals surface area contributed by atoms with E-state index in [2.05, 4.69) is 22.5 Å². The van der Waals surface area contributed by atoms with E-state index >= 15 is 0 Å². The topological polar surface area (TPSA) is 30.0 Å². The van der Waals surface area contributed by atoms with Crippen molar-refractivity contribution in [3.8, 4) is 11.3 Å². The number of aromatic nitrogens is 1. The quantitative estimate of drug-likeness (QED) is 0.781. The van der Waals surface area contributed by atoms with E-state index in [-0.39, 0.29) is 0 Å². The summed E-state index contributed by atoms with van der Waals surface area (Å²) in [5.41, 5.74) is 2.20. The van der Waals surface area contributed by atoms with E-state index in [0.29, 0.717) is 18.6 Å². The fourth-order valence-electron chi connectivity index (χ4n) is 1.78. The summed E-state index contributed by atoms with van der Waals surface area (Å²) >= 11 is 1.68. The molecule has 1 heterocycles. The Kier molecular flexibility index (Phi) is 4.65. The molecule has 0 bridgehead atoms. The molecule has 0 amide bonds. The second-order valence-corrected chi connectivity index (χ2v) is 5.18. The lowest BCUT2D eigenvalue weighted by molar-refractivity contribution is -0.118. The average molecular weight is 259 g/mol. The highest BCUT2D eigenvalue weighted by Crippen LogP contribution is 2.22. The van der Waals surface area contributed by atoms with Crippen molar-refractivity contribution < 1.29 is 4.79 Å². The molecule has 2 nitrogen and oxygen atoms in total. The number of hydrogen-bond acceptors (Lipinski definition) is 3. The number of nitrogens with zero attached hydrogens (tertiary/aromatic N) is 1. The summed E-state index contributed by atoms with van der Waals surface area (Å²) in [6.45, 7) is 1.92. The summed E-state index contributed by atoms with van der Waals surface area (Å²) in [6.07, 6.45) is 3.14. The molecule has 94 valence electrons. The lowest BCUT2D eigenvalue weighted by Gasteiger charge is -1.96. The van der Waals surface area contributed by atoms with Gasteiger partial charge in [-0.3, -0.25) is 4.79 Å². The zero-order chi connectivity index (χ0) is 12.8. The van der Waals surface area contributed by atoms with Gasteiger partial charge in [0.2, 0.25) is 0 Å². The molecule has 0 unspecified atom stereocenters. The Morgan fingerprint density at radius 1 is 1.28 bits per heavy atom. The molecule has 1 aromatic carbocycles. The second-order valence-electron chi connectivity index (χ2n) is 4.24. The van der Waals surface area contributed by atoms with E-state index < -0.39 is 0 Å². The number of hydrogen-bond donors (Lipinski definition) is 0. The van der Waals surface area contributed by atoms with Gasteiger partial charge in [-0.25, -0.2) is 4.98 Å². The number of thiazole rings is 1. The maximum absolute atomic E-state index is 11.2. The maximum atomic E-state index is 11.2. The first-order valence-electron chi connectivity index (χ1n) is 6.31. The van der Waals surface area contributed by atoms with Gasteiger partial charge in [0.05, 0.1) is 10.7 Å². The second kappa shape index (κ2) is 6.45. The van der Waals surface area contributed by atoms with Crippen LogP contribution in [0, 0.1) is 0 Å². The van der Waals surface area contributed by atoms with E-state index in [1.54, 1.807) is 11.3 Å². The predicted octanol–water partition coefficient (Wildman–Crippen LogP) is 4.11. The minimum atomic E-state index is 0.342. The Labute approximate surface area is 112 Å². The molecule has 0 N–H and O–H groups in total. The van der Waals surface area contributed by atoms with Gasteiger partial charge >= 0.3 is 0 Å². The van der Waals surface area contributed by atoms with Crippen LogP contribution in [0.2, 0.25) is 0 Å². The zero-order valence-corrected chi connectivity index (χ0v) is 11.4. The van der Waals surface area contributed by atoms with Gasteiger partial charge in [-0.1, -0.05) is 37.3 Å². The van der Waals surface area contributed by atoms with Crippen LogP contribution >= 0.6 is 11.3 Å². The first-order valence-corrected chi connectivity index (χ1v) is 7.19. The Bertz CT molecular complexity index is 504. The standard InChI is InChI=1S/C15H17NOS/c1-2-13(17)9-6-10-15-16-14(11-18-15)12-7-4-3-5-8-12/h3-5,7-8,11H,2,6,9-10H2,1H3. The molecule has 0 saturated carbocycles. The van der Waals surface area contributed by atoms with Crippen LogP contribution in [0.15, 0.2) is 35.7 Å². The SMILES string of the molecule is CCC(=O)CCCc1nc(-c2ccccc2)cs1. The van der Waals surface area contributed by atoms with Crippen LogP contribution in [0.1, 0.15) is 31.2 Å². The third-order valence-electron chi connectivity index (χ3n) is 2.86. The Morgan fingerprint density at radius 3 is 2.78 bits per heavy atom. The predicted molar refractivity (Wildman–Crippen MR) is 75.8 cm³/mol. The molecule has 0 fully saturated rings. The first kappa shape index (κ1) is 13.0. The van der Waals surface area contributed by atoms with E-state index in [0.717, 1.165) is 29.1 Å². The van der Waals surface area contributed by atoms with Gasteiger partial charge in [-0.2, -0.15) is 0 Å². The van der Waals surface area contributed by atoms with Crippen molar-refractivity contribution in [2.75, 3.05) is 0 Å². The Balaban J connectivity index is 1.93. The number of carbonyl (C=O) groups excluding carboxylic acids is 1. The normalized spacial score (nSPS) is 10.5. The summed E-state index contributed by atoms with van der Waals surface area (Å²) < 4.78 is 0. The largest absolute Gasteiger partial charge is 0.300 e. The molecule has 18 heavy (non-hydrogen) atoms. The zero-order valence-electron chi connectivity index (χ0n) is 10.6. The molecular weight excluding hydrogens is 242 g/mol.